The molecule has 5 aromatic rings. The molecule has 0 aromatic heterocycles. The van der Waals surface area contributed by atoms with Crippen LogP contribution in [0.5, 0.6) is 11.5 Å². The van der Waals surface area contributed by atoms with Gasteiger partial charge in [-0.2, -0.15) is 18.6 Å². The van der Waals surface area contributed by atoms with Crippen molar-refractivity contribution in [3.05, 3.63) is 114 Å². The normalized spacial score (nSPS) is 12.0. The molecule has 0 fully saturated rings. The molecular formula is C32H26N4O7S. The first-order valence-corrected chi connectivity index (χ1v) is 14.5. The number of nitrogens with one attached hydrogen (secondary N) is 1. The van der Waals surface area contributed by atoms with E-state index in [1.54, 1.807) is 73.8 Å². The fourth-order valence-corrected chi connectivity index (χ4v) is 4.72. The van der Waals surface area contributed by atoms with Crippen molar-refractivity contribution in [3.8, 4) is 11.5 Å². The maximum Gasteiger partial charge on any atom is 0.294 e. The summed E-state index contributed by atoms with van der Waals surface area (Å²) in [6.45, 7) is 1.82. The van der Waals surface area contributed by atoms with Crippen molar-refractivity contribution in [3.63, 3.8) is 0 Å². The number of aromatic hydroxyl groups is 1. The third-order valence-electron chi connectivity index (χ3n) is 6.64. The van der Waals surface area contributed by atoms with Crippen LogP contribution in [0.25, 0.3) is 10.8 Å². The lowest BCUT2D eigenvalue weighted by Crippen LogP contribution is -2.12. The number of methoxy groups -OCH3 is 1. The Balaban J connectivity index is 1.34. The number of hydrogen-bond donors (Lipinski definition) is 4. The van der Waals surface area contributed by atoms with Gasteiger partial charge in [0.1, 0.15) is 11.5 Å². The minimum atomic E-state index is -4.34. The Morgan fingerprint density at radius 2 is 1.52 bits per heavy atom. The summed E-state index contributed by atoms with van der Waals surface area (Å²) < 4.78 is 36.7. The topological polar surface area (TPSA) is 170 Å². The van der Waals surface area contributed by atoms with Gasteiger partial charge in [-0.15, -0.1) is 0 Å². The molecule has 44 heavy (non-hydrogen) atoms. The first-order chi connectivity index (χ1) is 21.0. The van der Waals surface area contributed by atoms with Crippen LogP contribution in [0.4, 0.5) is 22.7 Å². The Morgan fingerprint density at radius 3 is 2.20 bits per heavy atom. The number of ether oxygens (including phenoxy) is 1. The molecule has 0 heterocycles. The van der Waals surface area contributed by atoms with E-state index < -0.39 is 16.0 Å². The summed E-state index contributed by atoms with van der Waals surface area (Å²) in [6, 6.07) is 25.2. The van der Waals surface area contributed by atoms with E-state index in [9.17, 15) is 23.4 Å². The number of amides is 1. The number of azo groups is 1. The van der Waals surface area contributed by atoms with E-state index in [1.165, 1.54) is 30.3 Å². The largest absolute Gasteiger partial charge is 0.507 e. The molecule has 11 nitrogen and oxygen atoms in total. The Bertz CT molecular complexity index is 2040. The van der Waals surface area contributed by atoms with Gasteiger partial charge in [0.05, 0.1) is 34.6 Å². The molecule has 4 N–H and O–H groups in total. The van der Waals surface area contributed by atoms with Crippen molar-refractivity contribution in [2.45, 2.75) is 11.8 Å². The highest BCUT2D eigenvalue weighted by molar-refractivity contribution is 7.85. The third-order valence-corrected chi connectivity index (χ3v) is 7.51. The van der Waals surface area contributed by atoms with Gasteiger partial charge in [0.15, 0.2) is 0 Å². The van der Waals surface area contributed by atoms with Crippen molar-refractivity contribution in [1.82, 2.24) is 0 Å². The highest BCUT2D eigenvalue weighted by Crippen LogP contribution is 2.31. The van der Waals surface area contributed by atoms with Crippen LogP contribution in [0.15, 0.2) is 117 Å². The van der Waals surface area contributed by atoms with Crippen LogP contribution < -0.4 is 10.1 Å². The van der Waals surface area contributed by atoms with E-state index in [0.29, 0.717) is 39.4 Å². The second-order valence-corrected chi connectivity index (χ2v) is 11.1. The first-order valence-electron chi connectivity index (χ1n) is 13.1. The molecule has 12 heteroatoms. The third kappa shape index (κ3) is 6.89. The number of carbonyl (C=O) groups excluding carboxylic acids is 1. The van der Waals surface area contributed by atoms with Gasteiger partial charge in [0, 0.05) is 11.3 Å². The van der Waals surface area contributed by atoms with Crippen LogP contribution in [0.1, 0.15) is 21.5 Å². The molecule has 0 aliphatic rings. The summed E-state index contributed by atoms with van der Waals surface area (Å²) in [4.78, 5) is 16.7. The molecule has 5 aromatic carbocycles. The second kappa shape index (κ2) is 12.3. The van der Waals surface area contributed by atoms with Gasteiger partial charge in [-0.25, -0.2) is 4.99 Å². The van der Waals surface area contributed by atoms with Gasteiger partial charge in [0.2, 0.25) is 5.90 Å². The van der Waals surface area contributed by atoms with E-state index in [-0.39, 0.29) is 22.1 Å². The Hall–Kier alpha value is -5.59. The maximum atomic E-state index is 12.8. The van der Waals surface area contributed by atoms with E-state index in [1.807, 2.05) is 6.92 Å². The number of aliphatic hydroxyl groups excluding tert-OH is 1. The Morgan fingerprint density at radius 1 is 0.818 bits per heavy atom. The lowest BCUT2D eigenvalue weighted by atomic mass is 10.0. The van der Waals surface area contributed by atoms with Crippen LogP contribution in [0.3, 0.4) is 0 Å². The fraction of sp³-hybridized carbons (Fsp3) is 0.0625. The van der Waals surface area contributed by atoms with E-state index in [0.717, 1.165) is 10.9 Å². The van der Waals surface area contributed by atoms with Crippen LogP contribution in [0.2, 0.25) is 0 Å². The number of rotatable bonds is 8. The average Bonchev–Trinajstić information content (AvgIpc) is 3.00. The van der Waals surface area contributed by atoms with Gasteiger partial charge in [-0.05, 0) is 108 Å². The van der Waals surface area contributed by atoms with Crippen LogP contribution >= 0.6 is 0 Å². The van der Waals surface area contributed by atoms with Gasteiger partial charge in [0.25, 0.3) is 16.0 Å². The van der Waals surface area contributed by atoms with Gasteiger partial charge >= 0.3 is 0 Å². The number of phenolic OH excluding ortho intramolecular Hbond substituents is 1. The smallest absolute Gasteiger partial charge is 0.294 e. The molecule has 0 atom stereocenters. The van der Waals surface area contributed by atoms with E-state index in [4.69, 9.17) is 9.29 Å². The quantitative estimate of drug-likeness (QED) is 0.0613. The molecule has 0 aliphatic heterocycles. The minimum absolute atomic E-state index is 0.163. The molecule has 0 bridgehead atoms. The molecule has 0 saturated carbocycles. The predicted molar refractivity (Wildman–Crippen MR) is 167 cm³/mol. The van der Waals surface area contributed by atoms with Crippen molar-refractivity contribution >= 4 is 55.4 Å². The Kier molecular flexibility index (Phi) is 8.38. The number of nitrogens with zero attached hydrogens (tertiary/aromatic N) is 3. The van der Waals surface area contributed by atoms with Crippen molar-refractivity contribution < 1.29 is 32.7 Å². The SMILES string of the molecule is COc1ccc(N=C(O)c2cc3ccc(N=Nc4cc(C(=O)Nc5ccc(S(=O)(=O)O)cc5)ccc4C)cc3cc2O)cc1. The summed E-state index contributed by atoms with van der Waals surface area (Å²) in [5.41, 5.74) is 3.03. The van der Waals surface area contributed by atoms with Crippen LogP contribution in [-0.2, 0) is 10.1 Å². The summed E-state index contributed by atoms with van der Waals surface area (Å²) in [5.74, 6) is -0.296. The minimum Gasteiger partial charge on any atom is -0.507 e. The van der Waals surface area contributed by atoms with Crippen molar-refractivity contribution in [1.29, 1.82) is 0 Å². The first kappa shape index (κ1) is 29.9. The number of fused-ring (bicyclic) bond motifs is 1. The van der Waals surface area contributed by atoms with Crippen LogP contribution in [0, 0.1) is 6.92 Å². The summed E-state index contributed by atoms with van der Waals surface area (Å²) >= 11 is 0. The molecule has 5 rings (SSSR count). The zero-order valence-electron chi connectivity index (χ0n) is 23.5. The Labute approximate surface area is 252 Å². The molecule has 0 radical (unpaired) electrons. The zero-order chi connectivity index (χ0) is 31.4. The van der Waals surface area contributed by atoms with Gasteiger partial charge in [-0.1, -0.05) is 12.1 Å². The molecule has 0 saturated heterocycles. The van der Waals surface area contributed by atoms with Gasteiger partial charge in [-0.3, -0.25) is 9.35 Å². The monoisotopic (exact) mass is 610 g/mol. The fourth-order valence-electron chi connectivity index (χ4n) is 4.24. The number of carbonyl (C=O) groups is 1. The van der Waals surface area contributed by atoms with E-state index >= 15 is 0 Å². The summed E-state index contributed by atoms with van der Waals surface area (Å²) in [6.07, 6.45) is 0. The van der Waals surface area contributed by atoms with Crippen molar-refractivity contribution in [2.75, 3.05) is 12.4 Å². The maximum absolute atomic E-state index is 12.8. The van der Waals surface area contributed by atoms with Crippen LogP contribution in [-0.4, -0.2) is 42.1 Å². The highest BCUT2D eigenvalue weighted by Gasteiger charge is 2.13. The molecular weight excluding hydrogens is 584 g/mol. The molecule has 0 aliphatic carbocycles. The number of aliphatic imine (C=N–C) groups is 1. The molecule has 0 spiro atoms. The number of aliphatic hydroxyl groups is 1. The number of benzene rings is 5. The van der Waals surface area contributed by atoms with Gasteiger partial charge < -0.3 is 20.3 Å². The highest BCUT2D eigenvalue weighted by atomic mass is 32.2. The summed E-state index contributed by atoms with van der Waals surface area (Å²) in [5, 5.41) is 33.9. The number of hydrogen-bond acceptors (Lipinski definition) is 8. The second-order valence-electron chi connectivity index (χ2n) is 9.69. The zero-order valence-corrected chi connectivity index (χ0v) is 24.3. The number of aryl methyl sites for hydroxylation is 1. The summed E-state index contributed by atoms with van der Waals surface area (Å²) in [7, 11) is -2.78. The standard InChI is InChI=1S/C32H26N4O7S/c1-19-3-4-21(31(38)33-24-9-13-27(14-10-24)44(40,41)42)17-29(19)36-35-25-6-5-20-16-28(30(37)18-22(20)15-25)32(39)34-23-7-11-26(43-2)12-8-23/h3-18,37H,1-2H3,(H,33,38)(H,34,39)(H,40,41,42). The molecule has 222 valence electrons. The molecule has 0 unspecified atom stereocenters. The molecule has 1 amide bonds. The number of phenols is 1. The average molecular weight is 611 g/mol. The van der Waals surface area contributed by atoms with Crippen molar-refractivity contribution in [2.24, 2.45) is 15.2 Å². The predicted octanol–water partition coefficient (Wildman–Crippen LogP) is 7.41. The number of anilines is 1. The van der Waals surface area contributed by atoms with E-state index in [2.05, 4.69) is 20.5 Å². The lowest BCUT2D eigenvalue weighted by molar-refractivity contribution is 0.102. The lowest BCUT2D eigenvalue weighted by Gasteiger charge is -2.08.